The van der Waals surface area contributed by atoms with Crippen LogP contribution < -0.4 is 10.6 Å². The van der Waals surface area contributed by atoms with Gasteiger partial charge in [0.2, 0.25) is 5.91 Å². The fraction of sp³-hybridized carbons (Fsp3) is 0.444. The van der Waals surface area contributed by atoms with Crippen molar-refractivity contribution in [1.82, 2.24) is 10.2 Å². The van der Waals surface area contributed by atoms with Crippen LogP contribution in [0.3, 0.4) is 0 Å². The lowest BCUT2D eigenvalue weighted by molar-refractivity contribution is -0.146. The maximum Gasteiger partial charge on any atom is 0.408 e. The molecule has 0 bridgehead atoms. The molecule has 2 atom stereocenters. The van der Waals surface area contributed by atoms with Crippen LogP contribution in [-0.2, 0) is 14.3 Å². The molecule has 9 heteroatoms. The number of nitrogens with one attached hydrogen (secondary N) is 2. The number of alkyl carbamates (subject to hydrolysis) is 1. The molecule has 2 aromatic rings. The molecule has 2 unspecified atom stereocenters. The van der Waals surface area contributed by atoms with Gasteiger partial charge in [-0.1, -0.05) is 30.3 Å². The molecule has 1 saturated carbocycles. The van der Waals surface area contributed by atoms with Gasteiger partial charge in [0.15, 0.2) is 0 Å². The standard InChI is InChI=1S/C27H35N3O6/c1-17-9-5-6-14-21(17)28-24(33)23(18-10-7-13-20(32)15-18)30(19-11-8-12-19)25(34)22(16-31)29-26(35)36-27(2,3)4/h5-7,9-10,13-15,19,22-23,31-32H,8,11-12,16H2,1-4H3,(H,28,33)(H,29,35). The third kappa shape index (κ3) is 6.75. The van der Waals surface area contributed by atoms with Gasteiger partial charge in [0, 0.05) is 11.7 Å². The molecule has 3 rings (SSSR count). The van der Waals surface area contributed by atoms with Gasteiger partial charge in [0.25, 0.3) is 5.91 Å². The molecule has 0 spiro atoms. The van der Waals surface area contributed by atoms with Gasteiger partial charge in [-0.15, -0.1) is 0 Å². The lowest BCUT2D eigenvalue weighted by atomic mass is 9.88. The number of hydrogen-bond acceptors (Lipinski definition) is 6. The number of carbonyl (C=O) groups excluding carboxylic acids is 3. The topological polar surface area (TPSA) is 128 Å². The van der Waals surface area contributed by atoms with E-state index in [1.807, 2.05) is 19.1 Å². The van der Waals surface area contributed by atoms with Gasteiger partial charge in [0.05, 0.1) is 6.61 Å². The van der Waals surface area contributed by atoms with Crippen molar-refractivity contribution in [3.8, 4) is 5.75 Å². The summed E-state index contributed by atoms with van der Waals surface area (Å²) in [7, 11) is 0. The number of hydrogen-bond donors (Lipinski definition) is 4. The van der Waals surface area contributed by atoms with Gasteiger partial charge >= 0.3 is 6.09 Å². The molecule has 194 valence electrons. The average Bonchev–Trinajstić information content (AvgIpc) is 2.76. The fourth-order valence-corrected chi connectivity index (χ4v) is 4.05. The Morgan fingerprint density at radius 3 is 2.36 bits per heavy atom. The van der Waals surface area contributed by atoms with Crippen LogP contribution in [0.4, 0.5) is 10.5 Å². The number of aryl methyl sites for hydroxylation is 1. The predicted octanol–water partition coefficient (Wildman–Crippen LogP) is 3.65. The molecule has 36 heavy (non-hydrogen) atoms. The number of para-hydroxylation sites is 1. The Labute approximate surface area is 211 Å². The lowest BCUT2D eigenvalue weighted by Gasteiger charge is -2.43. The number of nitrogens with zero attached hydrogens (tertiary/aromatic N) is 1. The molecule has 2 aromatic carbocycles. The van der Waals surface area contributed by atoms with E-state index in [9.17, 15) is 24.6 Å². The number of aliphatic hydroxyl groups is 1. The summed E-state index contributed by atoms with van der Waals surface area (Å²) in [5.74, 6) is -1.13. The molecule has 0 saturated heterocycles. The summed E-state index contributed by atoms with van der Waals surface area (Å²) >= 11 is 0. The molecule has 0 radical (unpaired) electrons. The first-order chi connectivity index (χ1) is 17.0. The third-order valence-electron chi connectivity index (χ3n) is 6.01. The predicted molar refractivity (Wildman–Crippen MR) is 135 cm³/mol. The SMILES string of the molecule is Cc1ccccc1NC(=O)C(c1cccc(O)c1)N(C(=O)C(CO)NC(=O)OC(C)(C)C)C1CCC1. The summed E-state index contributed by atoms with van der Waals surface area (Å²) in [6, 6.07) is 10.8. The first-order valence-electron chi connectivity index (χ1n) is 12.1. The van der Waals surface area contributed by atoms with E-state index in [2.05, 4.69) is 10.6 Å². The Morgan fingerprint density at radius 2 is 1.81 bits per heavy atom. The minimum Gasteiger partial charge on any atom is -0.508 e. The molecule has 3 amide bonds. The van der Waals surface area contributed by atoms with E-state index in [0.29, 0.717) is 24.1 Å². The number of ether oxygens (including phenoxy) is 1. The van der Waals surface area contributed by atoms with E-state index in [-0.39, 0.29) is 11.8 Å². The molecular formula is C27H35N3O6. The van der Waals surface area contributed by atoms with Gasteiger partial charge in [-0.25, -0.2) is 4.79 Å². The monoisotopic (exact) mass is 497 g/mol. The molecule has 0 aliphatic heterocycles. The Bertz CT molecular complexity index is 1090. The molecule has 0 heterocycles. The van der Waals surface area contributed by atoms with Gasteiger partial charge in [-0.3, -0.25) is 9.59 Å². The van der Waals surface area contributed by atoms with Crippen LogP contribution in [0.15, 0.2) is 48.5 Å². The van der Waals surface area contributed by atoms with Gasteiger partial charge in [-0.2, -0.15) is 0 Å². The van der Waals surface area contributed by atoms with Crippen LogP contribution in [0.5, 0.6) is 5.75 Å². The highest BCUT2D eigenvalue weighted by atomic mass is 16.6. The van der Waals surface area contributed by atoms with Crippen molar-refractivity contribution in [3.05, 3.63) is 59.7 Å². The molecule has 1 aliphatic carbocycles. The minimum atomic E-state index is -1.31. The maximum absolute atomic E-state index is 13.8. The third-order valence-corrected chi connectivity index (χ3v) is 6.01. The van der Waals surface area contributed by atoms with Crippen LogP contribution in [0.1, 0.15) is 57.2 Å². The Morgan fingerprint density at radius 1 is 1.11 bits per heavy atom. The second-order valence-electron chi connectivity index (χ2n) is 10.0. The summed E-state index contributed by atoms with van der Waals surface area (Å²) in [5, 5.41) is 25.5. The zero-order valence-electron chi connectivity index (χ0n) is 21.2. The second-order valence-corrected chi connectivity index (χ2v) is 10.0. The Balaban J connectivity index is 1.98. The van der Waals surface area contributed by atoms with E-state index in [4.69, 9.17) is 4.74 Å². The van der Waals surface area contributed by atoms with Crippen molar-refractivity contribution >= 4 is 23.6 Å². The van der Waals surface area contributed by atoms with E-state index in [0.717, 1.165) is 12.0 Å². The van der Waals surface area contributed by atoms with E-state index < -0.39 is 42.2 Å². The molecule has 4 N–H and O–H groups in total. The van der Waals surface area contributed by atoms with Gasteiger partial charge in [-0.05, 0) is 76.3 Å². The number of carbonyl (C=O) groups is 3. The van der Waals surface area contributed by atoms with Crippen molar-refractivity contribution in [2.75, 3.05) is 11.9 Å². The number of phenolic OH excluding ortho intramolecular Hbond substituents is 1. The van der Waals surface area contributed by atoms with Crippen LogP contribution in [0, 0.1) is 6.92 Å². The Hall–Kier alpha value is -3.59. The Kier molecular flexibility index (Phi) is 8.57. The van der Waals surface area contributed by atoms with Crippen LogP contribution in [-0.4, -0.2) is 57.3 Å². The van der Waals surface area contributed by atoms with Crippen LogP contribution in [0.2, 0.25) is 0 Å². The zero-order valence-corrected chi connectivity index (χ0v) is 21.2. The lowest BCUT2D eigenvalue weighted by Crippen LogP contribution is -2.58. The number of amides is 3. The summed E-state index contributed by atoms with van der Waals surface area (Å²) in [4.78, 5) is 41.3. The van der Waals surface area contributed by atoms with Crippen molar-refractivity contribution in [2.24, 2.45) is 0 Å². The molecule has 0 aromatic heterocycles. The quantitative estimate of drug-likeness (QED) is 0.441. The van der Waals surface area contributed by atoms with Gasteiger partial charge in [0.1, 0.15) is 23.4 Å². The highest BCUT2D eigenvalue weighted by Crippen LogP contribution is 2.35. The average molecular weight is 498 g/mol. The first kappa shape index (κ1) is 27.0. The van der Waals surface area contributed by atoms with Crippen molar-refractivity contribution in [2.45, 2.75) is 70.7 Å². The van der Waals surface area contributed by atoms with Gasteiger partial charge < -0.3 is 30.5 Å². The van der Waals surface area contributed by atoms with E-state index in [1.54, 1.807) is 45.0 Å². The summed E-state index contributed by atoms with van der Waals surface area (Å²) in [5.41, 5.74) is 1.06. The van der Waals surface area contributed by atoms with Crippen LogP contribution >= 0.6 is 0 Å². The maximum atomic E-state index is 13.8. The second kappa shape index (κ2) is 11.4. The van der Waals surface area contributed by atoms with E-state index >= 15 is 0 Å². The summed E-state index contributed by atoms with van der Waals surface area (Å²) in [6.07, 6.45) is 1.37. The summed E-state index contributed by atoms with van der Waals surface area (Å²) < 4.78 is 5.26. The van der Waals surface area contributed by atoms with Crippen LogP contribution in [0.25, 0.3) is 0 Å². The number of rotatable bonds is 8. The number of phenols is 1. The minimum absolute atomic E-state index is 0.0483. The van der Waals surface area contributed by atoms with Crippen molar-refractivity contribution in [3.63, 3.8) is 0 Å². The zero-order chi connectivity index (χ0) is 26.5. The highest BCUT2D eigenvalue weighted by Gasteiger charge is 2.42. The normalized spacial score (nSPS) is 15.2. The van der Waals surface area contributed by atoms with Crippen molar-refractivity contribution in [1.29, 1.82) is 0 Å². The molecular weight excluding hydrogens is 462 g/mol. The van der Waals surface area contributed by atoms with E-state index in [1.165, 1.54) is 17.0 Å². The first-order valence-corrected chi connectivity index (χ1v) is 12.1. The molecule has 1 aliphatic rings. The smallest absolute Gasteiger partial charge is 0.408 e. The highest BCUT2D eigenvalue weighted by molar-refractivity contribution is 5.99. The number of anilines is 1. The van der Waals surface area contributed by atoms with Crippen molar-refractivity contribution < 1.29 is 29.3 Å². The number of aromatic hydroxyl groups is 1. The number of benzene rings is 2. The largest absolute Gasteiger partial charge is 0.508 e. The fourth-order valence-electron chi connectivity index (χ4n) is 4.05. The number of aliphatic hydroxyl groups excluding tert-OH is 1. The summed E-state index contributed by atoms with van der Waals surface area (Å²) in [6.45, 7) is 6.26. The molecule has 9 nitrogen and oxygen atoms in total. The molecule has 1 fully saturated rings.